The lowest BCUT2D eigenvalue weighted by molar-refractivity contribution is 0.0362. The van der Waals surface area contributed by atoms with Crippen LogP contribution in [0.2, 0.25) is 10.0 Å². The Bertz CT molecular complexity index is 1380. The van der Waals surface area contributed by atoms with Gasteiger partial charge in [-0.2, -0.15) is 0 Å². The fourth-order valence-electron chi connectivity index (χ4n) is 4.85. The van der Waals surface area contributed by atoms with Crippen LogP contribution in [0.3, 0.4) is 0 Å². The number of hydrogen-bond donors (Lipinski definition) is 1. The fourth-order valence-corrected chi connectivity index (χ4v) is 5.35. The number of benzene rings is 3. The molecule has 2 saturated heterocycles. The van der Waals surface area contributed by atoms with Gasteiger partial charge in [-0.05, 0) is 48.0 Å². The van der Waals surface area contributed by atoms with Gasteiger partial charge in [0, 0.05) is 54.5 Å². The Morgan fingerprint density at radius 1 is 1.08 bits per heavy atom. The lowest BCUT2D eigenvalue weighted by atomic mass is 9.97. The molecule has 0 atom stereocenters. The smallest absolute Gasteiger partial charge is 0.253 e. The molecule has 1 amide bonds. The first-order chi connectivity index (χ1) is 18.2. The van der Waals surface area contributed by atoms with Crippen molar-refractivity contribution in [1.29, 1.82) is 0 Å². The zero-order valence-corrected chi connectivity index (χ0v) is 22.3. The Morgan fingerprint density at radius 2 is 1.82 bits per heavy atom. The van der Waals surface area contributed by atoms with Crippen LogP contribution in [0.5, 0.6) is 0 Å². The van der Waals surface area contributed by atoms with E-state index in [0.29, 0.717) is 40.6 Å². The van der Waals surface area contributed by atoms with Crippen LogP contribution in [-0.2, 0) is 0 Å². The summed E-state index contributed by atoms with van der Waals surface area (Å²) in [4.78, 5) is 18.3. The molecule has 1 N–H and O–H groups in total. The Kier molecular flexibility index (Phi) is 7.36. The molecule has 3 aromatic carbocycles. The monoisotopic (exact) mass is 557 g/mol. The van der Waals surface area contributed by atoms with E-state index >= 15 is 0 Å². The molecular formula is C29H27Cl2F2N3O2. The van der Waals surface area contributed by atoms with E-state index in [-0.39, 0.29) is 42.1 Å². The minimum absolute atomic E-state index is 0.0605. The van der Waals surface area contributed by atoms with Crippen molar-refractivity contribution in [3.05, 3.63) is 88.2 Å². The van der Waals surface area contributed by atoms with Gasteiger partial charge in [0.2, 0.25) is 0 Å². The third-order valence-corrected chi connectivity index (χ3v) is 7.84. The number of alkyl halides is 1. The van der Waals surface area contributed by atoms with E-state index in [0.717, 1.165) is 11.3 Å². The van der Waals surface area contributed by atoms with Crippen molar-refractivity contribution < 1.29 is 18.7 Å². The van der Waals surface area contributed by atoms with Crippen molar-refractivity contribution in [3.63, 3.8) is 0 Å². The topological polar surface area (TPSA) is 47.0 Å². The Balaban J connectivity index is 1.50. The summed E-state index contributed by atoms with van der Waals surface area (Å²) in [6, 6.07) is 15.2. The number of anilines is 2. The number of amides is 1. The van der Waals surface area contributed by atoms with Gasteiger partial charge in [-0.15, -0.1) is 0 Å². The van der Waals surface area contributed by atoms with E-state index < -0.39 is 12.0 Å². The van der Waals surface area contributed by atoms with E-state index in [1.165, 1.54) is 12.1 Å². The van der Waals surface area contributed by atoms with Crippen molar-refractivity contribution in [2.45, 2.75) is 6.17 Å². The molecule has 5 nitrogen and oxygen atoms in total. The second kappa shape index (κ2) is 10.6. The number of likely N-dealkylation sites (tertiary alicyclic amines) is 1. The molecule has 198 valence electrons. The van der Waals surface area contributed by atoms with Crippen LogP contribution in [-0.4, -0.2) is 61.9 Å². The summed E-state index contributed by atoms with van der Waals surface area (Å²) in [6.07, 6.45) is -0.940. The Morgan fingerprint density at radius 3 is 2.47 bits per heavy atom. The number of aliphatic hydroxyl groups excluding tert-OH is 1. The third kappa shape index (κ3) is 4.86. The zero-order valence-electron chi connectivity index (χ0n) is 20.8. The molecule has 2 aliphatic heterocycles. The molecule has 0 bridgehead atoms. The van der Waals surface area contributed by atoms with Crippen LogP contribution in [0, 0.1) is 11.7 Å². The van der Waals surface area contributed by atoms with Crippen LogP contribution in [0.25, 0.3) is 16.8 Å². The van der Waals surface area contributed by atoms with E-state index in [1.54, 1.807) is 41.1 Å². The highest BCUT2D eigenvalue weighted by atomic mass is 35.5. The van der Waals surface area contributed by atoms with Crippen molar-refractivity contribution in [1.82, 2.24) is 4.90 Å². The molecule has 0 aliphatic carbocycles. The van der Waals surface area contributed by atoms with Crippen molar-refractivity contribution in [2.75, 3.05) is 49.6 Å². The molecule has 2 fully saturated rings. The summed E-state index contributed by atoms with van der Waals surface area (Å²) in [5.41, 5.74) is 3.91. The average Bonchev–Trinajstić information content (AvgIpc) is 2.85. The van der Waals surface area contributed by atoms with E-state index in [1.807, 2.05) is 23.1 Å². The molecule has 0 spiro atoms. The predicted octanol–water partition coefficient (Wildman–Crippen LogP) is 6.13. The van der Waals surface area contributed by atoms with Gasteiger partial charge in [-0.1, -0.05) is 41.9 Å². The highest BCUT2D eigenvalue weighted by Gasteiger charge is 2.32. The average molecular weight is 558 g/mol. The Labute approximate surface area is 230 Å². The fraction of sp³-hybridized carbons (Fsp3) is 0.276. The number of carbonyl (C=O) groups excluding carboxylic acids is 1. The molecular weight excluding hydrogens is 531 g/mol. The van der Waals surface area contributed by atoms with Gasteiger partial charge in [0.05, 0.1) is 35.1 Å². The van der Waals surface area contributed by atoms with E-state index in [9.17, 15) is 18.7 Å². The van der Waals surface area contributed by atoms with Crippen LogP contribution >= 0.6 is 23.2 Å². The number of rotatable bonds is 7. The molecule has 2 aliphatic rings. The van der Waals surface area contributed by atoms with Gasteiger partial charge in [-0.3, -0.25) is 4.79 Å². The lowest BCUT2D eigenvalue weighted by Crippen LogP contribution is -2.51. The van der Waals surface area contributed by atoms with Gasteiger partial charge in [0.1, 0.15) is 12.0 Å². The van der Waals surface area contributed by atoms with Crippen molar-refractivity contribution >= 4 is 46.2 Å². The van der Waals surface area contributed by atoms with Gasteiger partial charge < -0.3 is 19.8 Å². The first kappa shape index (κ1) is 26.5. The SMILES string of the molecule is C=C(c1c(F)cccc1Cl)N(C)c1ccc(-c2cc(C(=O)N3CC(CO)C3)ccc2Cl)cc1N1CC(F)C1. The number of halogens is 4. The molecule has 3 aromatic rings. The second-order valence-corrected chi connectivity index (χ2v) is 10.6. The lowest BCUT2D eigenvalue weighted by Gasteiger charge is -2.39. The second-order valence-electron chi connectivity index (χ2n) is 9.76. The van der Waals surface area contributed by atoms with Crippen LogP contribution in [0.15, 0.2) is 61.2 Å². The molecule has 0 radical (unpaired) electrons. The van der Waals surface area contributed by atoms with Gasteiger partial charge in [0.15, 0.2) is 0 Å². The van der Waals surface area contributed by atoms with E-state index in [2.05, 4.69) is 6.58 Å². The number of carbonyl (C=O) groups is 1. The zero-order chi connectivity index (χ0) is 27.1. The minimum Gasteiger partial charge on any atom is -0.396 e. The van der Waals surface area contributed by atoms with Crippen LogP contribution in [0.4, 0.5) is 20.2 Å². The summed E-state index contributed by atoms with van der Waals surface area (Å²) in [7, 11) is 1.76. The molecule has 0 saturated carbocycles. The quantitative estimate of drug-likeness (QED) is 0.379. The molecule has 5 rings (SSSR count). The summed E-state index contributed by atoms with van der Waals surface area (Å²) in [5, 5.41) is 9.98. The maximum atomic E-state index is 14.6. The number of aliphatic hydroxyl groups is 1. The van der Waals surface area contributed by atoms with Gasteiger partial charge >= 0.3 is 0 Å². The van der Waals surface area contributed by atoms with Crippen LogP contribution < -0.4 is 9.80 Å². The standard InChI is InChI=1S/C29H27Cl2F2N3O2/c1-17(28-24(31)4-3-5-25(28)33)34(2)26-9-7-19(11-27(26)35-14-21(32)15-35)22-10-20(6-8-23(22)30)29(38)36-12-18(13-36)16-37/h3-11,18,21,37H,1,12-16H2,2H3. The number of nitrogens with zero attached hydrogens (tertiary/aromatic N) is 3. The first-order valence-electron chi connectivity index (χ1n) is 12.3. The summed E-state index contributed by atoms with van der Waals surface area (Å²) in [5.74, 6) is -0.492. The Hall–Kier alpha value is -3.13. The van der Waals surface area contributed by atoms with Gasteiger partial charge in [0.25, 0.3) is 5.91 Å². The highest BCUT2D eigenvalue weighted by molar-refractivity contribution is 6.33. The summed E-state index contributed by atoms with van der Waals surface area (Å²) >= 11 is 12.9. The molecule has 0 unspecified atom stereocenters. The molecule has 2 heterocycles. The summed E-state index contributed by atoms with van der Waals surface area (Å²) in [6.45, 7) is 5.64. The first-order valence-corrected chi connectivity index (χ1v) is 13.0. The maximum Gasteiger partial charge on any atom is 0.253 e. The van der Waals surface area contributed by atoms with Gasteiger partial charge in [-0.25, -0.2) is 8.78 Å². The predicted molar refractivity (Wildman–Crippen MR) is 149 cm³/mol. The highest BCUT2D eigenvalue weighted by Crippen LogP contribution is 2.41. The normalized spacial score (nSPS) is 15.7. The van der Waals surface area contributed by atoms with Crippen molar-refractivity contribution in [3.8, 4) is 11.1 Å². The number of hydrogen-bond acceptors (Lipinski definition) is 4. The maximum absolute atomic E-state index is 14.6. The van der Waals surface area contributed by atoms with E-state index in [4.69, 9.17) is 23.2 Å². The third-order valence-electron chi connectivity index (χ3n) is 7.20. The molecule has 0 aromatic heterocycles. The summed E-state index contributed by atoms with van der Waals surface area (Å²) < 4.78 is 28.5. The molecule has 9 heteroatoms. The molecule has 38 heavy (non-hydrogen) atoms. The van der Waals surface area contributed by atoms with Crippen molar-refractivity contribution in [2.24, 2.45) is 5.92 Å². The van der Waals surface area contributed by atoms with Crippen LogP contribution in [0.1, 0.15) is 15.9 Å². The minimum atomic E-state index is -0.940. The largest absolute Gasteiger partial charge is 0.396 e.